The van der Waals surface area contributed by atoms with Gasteiger partial charge in [-0.2, -0.15) is 0 Å². The van der Waals surface area contributed by atoms with Crippen molar-refractivity contribution in [2.75, 3.05) is 13.1 Å². The van der Waals surface area contributed by atoms with Crippen molar-refractivity contribution in [1.82, 2.24) is 4.90 Å². The lowest BCUT2D eigenvalue weighted by Crippen LogP contribution is -2.65. The minimum absolute atomic E-state index is 0.268. The van der Waals surface area contributed by atoms with Crippen molar-refractivity contribution >= 4 is 6.09 Å². The molecule has 4 heteroatoms. The second-order valence-electron chi connectivity index (χ2n) is 4.67. The topological polar surface area (TPSA) is 66.6 Å². The van der Waals surface area contributed by atoms with E-state index in [9.17, 15) is 4.79 Å². The normalized spacial score (nSPS) is 28.0. The average Bonchev–Trinajstić information content (AvgIpc) is 1.78. The van der Waals surface area contributed by atoms with Gasteiger partial charge >= 0.3 is 6.09 Å². The Balaban J connectivity index is 1.79. The molecule has 13 heavy (non-hydrogen) atoms. The van der Waals surface area contributed by atoms with E-state index in [1.807, 2.05) is 6.92 Å². The molecule has 0 radical (unpaired) electrons. The third kappa shape index (κ3) is 1.29. The molecule has 4 nitrogen and oxygen atoms in total. The fraction of sp³-hybridized carbons (Fsp3) is 0.889. The van der Waals surface area contributed by atoms with Crippen molar-refractivity contribution in [2.45, 2.75) is 25.8 Å². The molecule has 3 N–H and O–H groups in total. The van der Waals surface area contributed by atoms with E-state index in [4.69, 9.17) is 10.8 Å². The molecule has 1 atom stereocenters. The van der Waals surface area contributed by atoms with Gasteiger partial charge in [-0.25, -0.2) is 4.79 Å². The zero-order valence-electron chi connectivity index (χ0n) is 7.86. The van der Waals surface area contributed by atoms with Crippen LogP contribution in [0.2, 0.25) is 0 Å². The van der Waals surface area contributed by atoms with Gasteiger partial charge in [-0.3, -0.25) is 0 Å². The van der Waals surface area contributed by atoms with E-state index in [2.05, 4.69) is 0 Å². The maximum atomic E-state index is 10.5. The summed E-state index contributed by atoms with van der Waals surface area (Å²) >= 11 is 0. The molecule has 2 fully saturated rings. The van der Waals surface area contributed by atoms with Crippen LogP contribution >= 0.6 is 0 Å². The van der Waals surface area contributed by atoms with E-state index in [0.717, 1.165) is 25.9 Å². The number of hydrogen-bond donors (Lipinski definition) is 2. The van der Waals surface area contributed by atoms with Crippen LogP contribution in [0.3, 0.4) is 0 Å². The molecule has 0 aromatic rings. The molecule has 2 rings (SSSR count). The second-order valence-corrected chi connectivity index (χ2v) is 4.67. The highest BCUT2D eigenvalue weighted by atomic mass is 16.4. The number of carbonyl (C=O) groups is 1. The number of hydrogen-bond acceptors (Lipinski definition) is 2. The first-order chi connectivity index (χ1) is 6.02. The first kappa shape index (κ1) is 8.81. The van der Waals surface area contributed by atoms with Gasteiger partial charge in [-0.05, 0) is 25.7 Å². The summed E-state index contributed by atoms with van der Waals surface area (Å²) in [6, 6.07) is 0.268. The lowest BCUT2D eigenvalue weighted by molar-refractivity contribution is -0.0845. The molecule has 2 aliphatic rings. The van der Waals surface area contributed by atoms with E-state index in [-0.39, 0.29) is 6.04 Å². The van der Waals surface area contributed by atoms with E-state index < -0.39 is 6.09 Å². The van der Waals surface area contributed by atoms with E-state index in [1.54, 1.807) is 0 Å². The molecule has 1 saturated carbocycles. The molecule has 74 valence electrons. The fourth-order valence-electron chi connectivity index (χ4n) is 2.58. The van der Waals surface area contributed by atoms with Crippen LogP contribution in [-0.2, 0) is 0 Å². The van der Waals surface area contributed by atoms with Gasteiger partial charge in [0.25, 0.3) is 0 Å². The number of nitrogens with two attached hydrogens (primary N) is 1. The van der Waals surface area contributed by atoms with Crippen molar-refractivity contribution in [3.8, 4) is 0 Å². The number of amides is 1. The molecule has 0 unspecified atom stereocenters. The molecular weight excluding hydrogens is 168 g/mol. The van der Waals surface area contributed by atoms with Gasteiger partial charge in [0.05, 0.1) is 0 Å². The summed E-state index contributed by atoms with van der Waals surface area (Å²) in [6.07, 6.45) is 1.46. The van der Waals surface area contributed by atoms with Crippen LogP contribution < -0.4 is 5.73 Å². The summed E-state index contributed by atoms with van der Waals surface area (Å²) in [5, 5.41) is 8.66. The Morgan fingerprint density at radius 1 is 1.62 bits per heavy atom. The van der Waals surface area contributed by atoms with Gasteiger partial charge in [0, 0.05) is 24.5 Å². The maximum absolute atomic E-state index is 10.5. The number of rotatable bonds is 1. The molecule has 0 aromatic carbocycles. The standard InChI is InChI=1S/C9H16N2O2/c1-6(10)7-2-9(3-7)4-11(5-9)8(12)13/h6-7H,2-5,10H2,1H3,(H,12,13)/t6-/m0/s1. The molecule has 1 spiro atoms. The van der Waals surface area contributed by atoms with Gasteiger partial charge < -0.3 is 15.7 Å². The van der Waals surface area contributed by atoms with Crippen LogP contribution in [0.1, 0.15) is 19.8 Å². The minimum atomic E-state index is -0.783. The Morgan fingerprint density at radius 2 is 2.15 bits per heavy atom. The number of nitrogens with zero attached hydrogens (tertiary/aromatic N) is 1. The van der Waals surface area contributed by atoms with Gasteiger partial charge in [-0.15, -0.1) is 0 Å². The SMILES string of the molecule is C[C@H](N)C1CC2(C1)CN(C(=O)O)C2. The summed E-state index contributed by atoms with van der Waals surface area (Å²) in [7, 11) is 0. The zero-order chi connectivity index (χ0) is 9.64. The van der Waals surface area contributed by atoms with E-state index in [1.165, 1.54) is 4.90 Å². The summed E-state index contributed by atoms with van der Waals surface area (Å²) in [6.45, 7) is 3.49. The quantitative estimate of drug-likeness (QED) is 0.631. The molecule has 1 aliphatic heterocycles. The Kier molecular flexibility index (Phi) is 1.77. The highest BCUT2D eigenvalue weighted by molar-refractivity contribution is 5.66. The van der Waals surface area contributed by atoms with Crippen LogP contribution in [0, 0.1) is 11.3 Å². The summed E-state index contributed by atoms with van der Waals surface area (Å²) in [4.78, 5) is 12.0. The predicted octanol–water partition coefficient (Wildman–Crippen LogP) is 0.724. The Labute approximate surface area is 77.7 Å². The smallest absolute Gasteiger partial charge is 0.407 e. The Morgan fingerprint density at radius 3 is 2.54 bits per heavy atom. The maximum Gasteiger partial charge on any atom is 0.407 e. The molecule has 0 bridgehead atoms. The van der Waals surface area contributed by atoms with Gasteiger partial charge in [0.1, 0.15) is 0 Å². The molecule has 0 aromatic heterocycles. The first-order valence-corrected chi connectivity index (χ1v) is 4.76. The van der Waals surface area contributed by atoms with Crippen LogP contribution in [0.15, 0.2) is 0 Å². The average molecular weight is 184 g/mol. The van der Waals surface area contributed by atoms with Crippen molar-refractivity contribution < 1.29 is 9.90 Å². The van der Waals surface area contributed by atoms with Crippen LogP contribution in [0.5, 0.6) is 0 Å². The van der Waals surface area contributed by atoms with Crippen LogP contribution in [0.4, 0.5) is 4.79 Å². The van der Waals surface area contributed by atoms with Gasteiger partial charge in [-0.1, -0.05) is 0 Å². The van der Waals surface area contributed by atoms with Gasteiger partial charge in [0.15, 0.2) is 0 Å². The van der Waals surface area contributed by atoms with Crippen molar-refractivity contribution in [3.63, 3.8) is 0 Å². The lowest BCUT2D eigenvalue weighted by atomic mass is 9.56. The summed E-state index contributed by atoms with van der Waals surface area (Å²) < 4.78 is 0. The highest BCUT2D eigenvalue weighted by Gasteiger charge is 2.54. The number of likely N-dealkylation sites (tertiary alicyclic amines) is 1. The summed E-state index contributed by atoms with van der Waals surface area (Å²) in [5.74, 6) is 0.621. The van der Waals surface area contributed by atoms with Crippen molar-refractivity contribution in [3.05, 3.63) is 0 Å². The second kappa shape index (κ2) is 2.61. The lowest BCUT2D eigenvalue weighted by Gasteiger charge is -2.59. The highest BCUT2D eigenvalue weighted by Crippen LogP contribution is 2.52. The van der Waals surface area contributed by atoms with Gasteiger partial charge in [0.2, 0.25) is 0 Å². The molecular formula is C9H16N2O2. The summed E-state index contributed by atoms with van der Waals surface area (Å²) in [5.41, 5.74) is 6.08. The Hall–Kier alpha value is -0.770. The number of carboxylic acid groups (broad SMARTS) is 1. The largest absolute Gasteiger partial charge is 0.465 e. The van der Waals surface area contributed by atoms with Crippen molar-refractivity contribution in [2.24, 2.45) is 17.1 Å². The monoisotopic (exact) mass is 184 g/mol. The van der Waals surface area contributed by atoms with Crippen LogP contribution in [-0.4, -0.2) is 35.2 Å². The predicted molar refractivity (Wildman–Crippen MR) is 48.4 cm³/mol. The van der Waals surface area contributed by atoms with E-state index >= 15 is 0 Å². The van der Waals surface area contributed by atoms with Crippen LogP contribution in [0.25, 0.3) is 0 Å². The first-order valence-electron chi connectivity index (χ1n) is 4.76. The van der Waals surface area contributed by atoms with E-state index in [0.29, 0.717) is 11.3 Å². The third-order valence-corrected chi connectivity index (χ3v) is 3.46. The zero-order valence-corrected chi connectivity index (χ0v) is 7.86. The molecule has 1 heterocycles. The molecule has 1 saturated heterocycles. The third-order valence-electron chi connectivity index (χ3n) is 3.46. The Bertz CT molecular complexity index is 226. The minimum Gasteiger partial charge on any atom is -0.465 e. The fourth-order valence-corrected chi connectivity index (χ4v) is 2.58. The molecule has 1 amide bonds. The molecule has 1 aliphatic carbocycles. The van der Waals surface area contributed by atoms with Crippen molar-refractivity contribution in [1.29, 1.82) is 0 Å².